The van der Waals surface area contributed by atoms with Crippen molar-refractivity contribution in [1.29, 1.82) is 0 Å². The molecule has 2 unspecified atom stereocenters. The average Bonchev–Trinajstić information content (AvgIpc) is 2.96. The summed E-state index contributed by atoms with van der Waals surface area (Å²) >= 11 is 0. The second-order valence-corrected chi connectivity index (χ2v) is 6.74. The molecule has 0 fully saturated rings. The normalized spacial score (nSPS) is 17.8. The summed E-state index contributed by atoms with van der Waals surface area (Å²) in [5, 5.41) is 37.2. The van der Waals surface area contributed by atoms with Crippen LogP contribution in [0.5, 0.6) is 0 Å². The molecular weight excluding hydrogens is 368 g/mol. The first-order valence-corrected chi connectivity index (χ1v) is 8.36. The number of benzene rings is 2. The van der Waals surface area contributed by atoms with Crippen molar-refractivity contribution in [3.63, 3.8) is 0 Å². The monoisotopic (exact) mass is 384 g/mol. The molecule has 4 N–H and O–H groups in total. The molecule has 0 saturated heterocycles. The number of hydrogen-bond donors (Lipinski definition) is 4. The van der Waals surface area contributed by atoms with E-state index in [1.807, 2.05) is 6.92 Å². The Labute approximate surface area is 158 Å². The summed E-state index contributed by atoms with van der Waals surface area (Å²) in [5.74, 6) is -5.89. The molecule has 2 aromatic rings. The van der Waals surface area contributed by atoms with Crippen LogP contribution in [0.15, 0.2) is 30.3 Å². The fourth-order valence-corrected chi connectivity index (χ4v) is 3.78. The summed E-state index contributed by atoms with van der Waals surface area (Å²) in [5.41, 5.74) is 0.493. The van der Waals surface area contributed by atoms with Crippen LogP contribution in [-0.2, 0) is 0 Å². The molecule has 0 spiro atoms. The predicted molar refractivity (Wildman–Crippen MR) is 95.6 cm³/mol. The SMILES string of the molecule is CC1CC(c2ccc(C(=O)O)c(C(=O)O)c2)c2cc(C(=O)O)c(C(=O)O)cc21. The topological polar surface area (TPSA) is 149 Å². The molecule has 1 aliphatic carbocycles. The maximum atomic E-state index is 11.5. The van der Waals surface area contributed by atoms with E-state index >= 15 is 0 Å². The lowest BCUT2D eigenvalue weighted by Crippen LogP contribution is -2.11. The van der Waals surface area contributed by atoms with E-state index in [-0.39, 0.29) is 34.1 Å². The Hall–Kier alpha value is -3.68. The fourth-order valence-electron chi connectivity index (χ4n) is 3.78. The first-order valence-electron chi connectivity index (χ1n) is 8.36. The lowest BCUT2D eigenvalue weighted by molar-refractivity contribution is 0.0651. The zero-order valence-corrected chi connectivity index (χ0v) is 14.7. The Bertz CT molecular complexity index is 1040. The molecule has 3 rings (SSSR count). The van der Waals surface area contributed by atoms with Crippen molar-refractivity contribution in [2.45, 2.75) is 25.2 Å². The molecule has 2 aromatic carbocycles. The van der Waals surface area contributed by atoms with Crippen LogP contribution in [0.3, 0.4) is 0 Å². The summed E-state index contributed by atoms with van der Waals surface area (Å²) in [7, 11) is 0. The third-order valence-corrected chi connectivity index (χ3v) is 5.09. The average molecular weight is 384 g/mol. The molecule has 0 radical (unpaired) electrons. The van der Waals surface area contributed by atoms with Crippen LogP contribution < -0.4 is 0 Å². The lowest BCUT2D eigenvalue weighted by atomic mass is 9.88. The van der Waals surface area contributed by atoms with E-state index < -0.39 is 23.9 Å². The van der Waals surface area contributed by atoms with Gasteiger partial charge in [-0.05, 0) is 53.3 Å². The molecule has 8 nitrogen and oxygen atoms in total. The van der Waals surface area contributed by atoms with Crippen molar-refractivity contribution < 1.29 is 39.6 Å². The maximum absolute atomic E-state index is 11.5. The molecule has 0 saturated carbocycles. The smallest absolute Gasteiger partial charge is 0.336 e. The second kappa shape index (κ2) is 6.80. The summed E-state index contributed by atoms with van der Waals surface area (Å²) in [6, 6.07) is 6.68. The number of aromatic carboxylic acids is 4. The van der Waals surface area contributed by atoms with Gasteiger partial charge in [0.15, 0.2) is 0 Å². The molecule has 0 bridgehead atoms. The van der Waals surface area contributed by atoms with Crippen molar-refractivity contribution in [3.8, 4) is 0 Å². The van der Waals surface area contributed by atoms with Gasteiger partial charge in [0.1, 0.15) is 0 Å². The number of hydrogen-bond acceptors (Lipinski definition) is 4. The van der Waals surface area contributed by atoms with E-state index in [9.17, 15) is 34.5 Å². The van der Waals surface area contributed by atoms with Gasteiger partial charge in [-0.15, -0.1) is 0 Å². The minimum absolute atomic E-state index is 0.0756. The number of carboxylic acid groups (broad SMARTS) is 4. The van der Waals surface area contributed by atoms with Crippen LogP contribution >= 0.6 is 0 Å². The van der Waals surface area contributed by atoms with Crippen LogP contribution in [0, 0.1) is 0 Å². The summed E-state index contributed by atoms with van der Waals surface area (Å²) in [6.45, 7) is 1.87. The summed E-state index contributed by atoms with van der Waals surface area (Å²) in [4.78, 5) is 45.6. The van der Waals surface area contributed by atoms with Crippen LogP contribution in [0.2, 0.25) is 0 Å². The standard InChI is InChI=1S/C20H16O8/c1-8-4-12(9-2-3-10(17(21)22)14(5-9)18(23)24)13-7-16(20(27)28)15(19(25)26)6-11(8)13/h2-3,5-8,12H,4H2,1H3,(H,21,22)(H,23,24)(H,25,26)(H,27,28). The lowest BCUT2D eigenvalue weighted by Gasteiger charge is -2.15. The molecule has 0 heterocycles. The van der Waals surface area contributed by atoms with Gasteiger partial charge >= 0.3 is 23.9 Å². The van der Waals surface area contributed by atoms with Gasteiger partial charge in [-0.25, -0.2) is 19.2 Å². The van der Waals surface area contributed by atoms with Crippen molar-refractivity contribution >= 4 is 23.9 Å². The summed E-state index contributed by atoms with van der Waals surface area (Å²) in [6.07, 6.45) is 0.517. The molecule has 0 aliphatic heterocycles. The highest BCUT2D eigenvalue weighted by Gasteiger charge is 2.33. The van der Waals surface area contributed by atoms with Gasteiger partial charge in [-0.2, -0.15) is 0 Å². The zero-order chi connectivity index (χ0) is 20.7. The van der Waals surface area contributed by atoms with Gasteiger partial charge in [0.2, 0.25) is 0 Å². The molecule has 0 amide bonds. The number of carboxylic acids is 4. The summed E-state index contributed by atoms with van der Waals surface area (Å²) < 4.78 is 0. The number of rotatable bonds is 5. The van der Waals surface area contributed by atoms with Crippen molar-refractivity contribution in [2.75, 3.05) is 0 Å². The zero-order valence-electron chi connectivity index (χ0n) is 14.7. The van der Waals surface area contributed by atoms with Crippen molar-refractivity contribution in [2.24, 2.45) is 0 Å². The quantitative estimate of drug-likeness (QED) is 0.614. The highest BCUT2D eigenvalue weighted by atomic mass is 16.4. The maximum Gasteiger partial charge on any atom is 0.336 e. The van der Waals surface area contributed by atoms with Gasteiger partial charge in [-0.3, -0.25) is 0 Å². The molecular formula is C20H16O8. The molecule has 28 heavy (non-hydrogen) atoms. The molecule has 0 aromatic heterocycles. The van der Waals surface area contributed by atoms with Crippen LogP contribution in [0.1, 0.15) is 83.3 Å². The minimum Gasteiger partial charge on any atom is -0.478 e. The van der Waals surface area contributed by atoms with Gasteiger partial charge < -0.3 is 20.4 Å². The molecule has 1 aliphatic rings. The number of fused-ring (bicyclic) bond motifs is 1. The largest absolute Gasteiger partial charge is 0.478 e. The van der Waals surface area contributed by atoms with Crippen LogP contribution in [0.4, 0.5) is 0 Å². The van der Waals surface area contributed by atoms with Crippen molar-refractivity contribution in [3.05, 3.63) is 69.3 Å². The highest BCUT2D eigenvalue weighted by Crippen LogP contribution is 2.46. The third kappa shape index (κ3) is 3.09. The van der Waals surface area contributed by atoms with E-state index in [4.69, 9.17) is 5.11 Å². The molecule has 2 atom stereocenters. The Balaban J connectivity index is 2.18. The Morgan fingerprint density at radius 2 is 1.18 bits per heavy atom. The van der Waals surface area contributed by atoms with E-state index in [0.29, 0.717) is 23.1 Å². The first kappa shape index (κ1) is 19.1. The fraction of sp³-hybridized carbons (Fsp3) is 0.200. The first-order chi connectivity index (χ1) is 13.1. The van der Waals surface area contributed by atoms with Gasteiger partial charge in [0, 0.05) is 5.92 Å². The van der Waals surface area contributed by atoms with Crippen LogP contribution in [-0.4, -0.2) is 44.3 Å². The Morgan fingerprint density at radius 1 is 0.714 bits per heavy atom. The van der Waals surface area contributed by atoms with E-state index in [1.165, 1.54) is 30.3 Å². The molecule has 8 heteroatoms. The van der Waals surface area contributed by atoms with Crippen molar-refractivity contribution in [1.82, 2.24) is 0 Å². The van der Waals surface area contributed by atoms with Gasteiger partial charge in [-0.1, -0.05) is 13.0 Å². The van der Waals surface area contributed by atoms with Gasteiger partial charge in [0.05, 0.1) is 22.3 Å². The third-order valence-electron chi connectivity index (χ3n) is 5.09. The Morgan fingerprint density at radius 3 is 1.68 bits per heavy atom. The van der Waals surface area contributed by atoms with E-state index in [2.05, 4.69) is 0 Å². The van der Waals surface area contributed by atoms with E-state index in [1.54, 1.807) is 0 Å². The number of carbonyl (C=O) groups is 4. The predicted octanol–water partition coefficient (Wildman–Crippen LogP) is 3.12. The minimum atomic E-state index is -1.38. The van der Waals surface area contributed by atoms with E-state index in [0.717, 1.165) is 0 Å². The van der Waals surface area contributed by atoms with Crippen LogP contribution in [0.25, 0.3) is 0 Å². The van der Waals surface area contributed by atoms with Gasteiger partial charge in [0.25, 0.3) is 0 Å². The molecule has 144 valence electrons. The second-order valence-electron chi connectivity index (χ2n) is 6.74. The Kier molecular flexibility index (Phi) is 4.64. The highest BCUT2D eigenvalue weighted by molar-refractivity contribution is 6.03.